The molecule has 0 spiro atoms. The van der Waals surface area contributed by atoms with Gasteiger partial charge in [-0.15, -0.1) is 5.10 Å². The van der Waals surface area contributed by atoms with Gasteiger partial charge in [-0.1, -0.05) is 23.4 Å². The summed E-state index contributed by atoms with van der Waals surface area (Å²) < 4.78 is 3.11. The van der Waals surface area contributed by atoms with Crippen molar-refractivity contribution in [1.29, 1.82) is 0 Å². The number of rotatable bonds is 3. The van der Waals surface area contributed by atoms with Gasteiger partial charge in [-0.3, -0.25) is 4.79 Å². The third kappa shape index (κ3) is 2.03. The third-order valence-electron chi connectivity index (χ3n) is 2.81. The molecule has 0 saturated carbocycles. The fraction of sp³-hybridized carbons (Fsp3) is 0.0769. The molecule has 0 bridgehead atoms. The fourth-order valence-electron chi connectivity index (χ4n) is 1.81. The van der Waals surface area contributed by atoms with Crippen LogP contribution in [0.25, 0.3) is 5.69 Å². The second-order valence-corrected chi connectivity index (χ2v) is 4.08. The summed E-state index contributed by atoms with van der Waals surface area (Å²) in [5.74, 6) is -0.144. The molecule has 6 heteroatoms. The first-order chi connectivity index (χ1) is 9.25. The van der Waals surface area contributed by atoms with E-state index in [9.17, 15) is 4.79 Å². The normalized spacial score (nSPS) is 10.6. The van der Waals surface area contributed by atoms with Crippen molar-refractivity contribution in [2.45, 2.75) is 0 Å². The van der Waals surface area contributed by atoms with E-state index in [4.69, 9.17) is 0 Å². The van der Waals surface area contributed by atoms with E-state index in [0.29, 0.717) is 11.3 Å². The molecule has 3 rings (SSSR count). The number of carbonyl (C=O) groups excluding carboxylic acids is 1. The minimum Gasteiger partial charge on any atom is -0.287 e. The van der Waals surface area contributed by atoms with Gasteiger partial charge in [-0.05, 0) is 12.1 Å². The van der Waals surface area contributed by atoms with Crippen LogP contribution >= 0.6 is 0 Å². The smallest absolute Gasteiger partial charge is 0.215 e. The molecule has 0 radical (unpaired) electrons. The number of aromatic nitrogens is 5. The molecule has 0 atom stereocenters. The monoisotopic (exact) mass is 253 g/mol. The Morgan fingerprint density at radius 3 is 2.63 bits per heavy atom. The Morgan fingerprint density at radius 1 is 1.16 bits per heavy atom. The van der Waals surface area contributed by atoms with E-state index in [2.05, 4.69) is 15.4 Å². The lowest BCUT2D eigenvalue weighted by molar-refractivity contribution is 0.103. The van der Waals surface area contributed by atoms with Gasteiger partial charge in [0.15, 0.2) is 0 Å². The van der Waals surface area contributed by atoms with Gasteiger partial charge in [0.25, 0.3) is 0 Å². The van der Waals surface area contributed by atoms with Crippen LogP contribution in [0.2, 0.25) is 0 Å². The van der Waals surface area contributed by atoms with Crippen LogP contribution in [0.1, 0.15) is 16.1 Å². The highest BCUT2D eigenvalue weighted by atomic mass is 16.1. The Morgan fingerprint density at radius 2 is 1.95 bits per heavy atom. The maximum Gasteiger partial charge on any atom is 0.215 e. The molecule has 6 nitrogen and oxygen atoms in total. The highest BCUT2D eigenvalue weighted by Crippen LogP contribution is 2.11. The van der Waals surface area contributed by atoms with Gasteiger partial charge < -0.3 is 0 Å². The predicted molar refractivity (Wildman–Crippen MR) is 68.0 cm³/mol. The molecular weight excluding hydrogens is 242 g/mol. The summed E-state index contributed by atoms with van der Waals surface area (Å²) in [6.45, 7) is 0. The molecule has 0 aliphatic heterocycles. The maximum atomic E-state index is 12.2. The average molecular weight is 253 g/mol. The van der Waals surface area contributed by atoms with Crippen LogP contribution in [-0.4, -0.2) is 30.6 Å². The Kier molecular flexibility index (Phi) is 2.68. The molecule has 1 aromatic carbocycles. The first-order valence-electron chi connectivity index (χ1n) is 5.75. The van der Waals surface area contributed by atoms with E-state index in [0.717, 1.165) is 5.69 Å². The van der Waals surface area contributed by atoms with Gasteiger partial charge in [-0.2, -0.15) is 5.10 Å². The Hall–Kier alpha value is -2.76. The minimum atomic E-state index is -0.144. The van der Waals surface area contributed by atoms with E-state index in [1.165, 1.54) is 10.9 Å². The number of hydrogen-bond acceptors (Lipinski definition) is 4. The highest BCUT2D eigenvalue weighted by Gasteiger charge is 2.15. The first kappa shape index (κ1) is 11.3. The van der Waals surface area contributed by atoms with Crippen molar-refractivity contribution in [3.05, 3.63) is 60.2 Å². The molecule has 0 unspecified atom stereocenters. The summed E-state index contributed by atoms with van der Waals surface area (Å²) >= 11 is 0. The van der Waals surface area contributed by atoms with Crippen molar-refractivity contribution in [3.63, 3.8) is 0 Å². The zero-order valence-corrected chi connectivity index (χ0v) is 10.3. The summed E-state index contributed by atoms with van der Waals surface area (Å²) in [4.78, 5) is 12.2. The summed E-state index contributed by atoms with van der Waals surface area (Å²) in [5.41, 5.74) is 1.85. The minimum absolute atomic E-state index is 0.144. The molecular formula is C13H11N5O. The molecule has 3 aromatic rings. The molecule has 0 aliphatic carbocycles. The van der Waals surface area contributed by atoms with E-state index in [-0.39, 0.29) is 5.78 Å². The van der Waals surface area contributed by atoms with E-state index in [1.54, 1.807) is 24.1 Å². The largest absolute Gasteiger partial charge is 0.287 e. The van der Waals surface area contributed by atoms with Crippen molar-refractivity contribution in [1.82, 2.24) is 24.8 Å². The van der Waals surface area contributed by atoms with Gasteiger partial charge in [0.2, 0.25) is 5.78 Å². The number of nitrogens with zero attached hydrogens (tertiary/aromatic N) is 5. The van der Waals surface area contributed by atoms with Gasteiger partial charge >= 0.3 is 0 Å². The van der Waals surface area contributed by atoms with Crippen molar-refractivity contribution < 1.29 is 4.79 Å². The van der Waals surface area contributed by atoms with Crippen molar-refractivity contribution in [2.24, 2.45) is 7.05 Å². The van der Waals surface area contributed by atoms with Crippen molar-refractivity contribution in [3.8, 4) is 5.69 Å². The predicted octanol–water partition coefficient (Wildman–Crippen LogP) is 1.23. The summed E-state index contributed by atoms with van der Waals surface area (Å²) in [6.07, 6.45) is 4.69. The number of aryl methyl sites for hydroxylation is 1. The lowest BCUT2D eigenvalue weighted by Crippen LogP contribution is -2.07. The Balaban J connectivity index is 1.94. The second kappa shape index (κ2) is 4.49. The van der Waals surface area contributed by atoms with Crippen molar-refractivity contribution in [2.75, 3.05) is 0 Å². The molecule has 19 heavy (non-hydrogen) atoms. The molecule has 0 N–H and O–H groups in total. The number of hydrogen-bond donors (Lipinski definition) is 0. The van der Waals surface area contributed by atoms with Crippen LogP contribution in [0.4, 0.5) is 0 Å². The van der Waals surface area contributed by atoms with Crippen LogP contribution in [0.5, 0.6) is 0 Å². The lowest BCUT2D eigenvalue weighted by Gasteiger charge is -1.99. The van der Waals surface area contributed by atoms with Crippen LogP contribution in [0.15, 0.2) is 48.9 Å². The van der Waals surface area contributed by atoms with Crippen molar-refractivity contribution >= 4 is 5.78 Å². The standard InChI is InChI=1S/C13H11N5O/c1-17-12(8-14-16-17)13(19)10-7-15-18(9-10)11-5-3-2-4-6-11/h2-9H,1H3. The molecule has 0 fully saturated rings. The van der Waals surface area contributed by atoms with Crippen LogP contribution in [0, 0.1) is 0 Å². The molecule has 0 aliphatic rings. The average Bonchev–Trinajstić information content (AvgIpc) is 3.08. The topological polar surface area (TPSA) is 65.6 Å². The molecule has 2 aromatic heterocycles. The third-order valence-corrected chi connectivity index (χ3v) is 2.81. The molecule has 0 amide bonds. The maximum absolute atomic E-state index is 12.2. The zero-order chi connectivity index (χ0) is 13.2. The fourth-order valence-corrected chi connectivity index (χ4v) is 1.81. The van der Waals surface area contributed by atoms with E-state index in [1.807, 2.05) is 30.3 Å². The van der Waals surface area contributed by atoms with E-state index >= 15 is 0 Å². The van der Waals surface area contributed by atoms with Crippen LogP contribution in [0.3, 0.4) is 0 Å². The Labute approximate surface area is 109 Å². The van der Waals surface area contributed by atoms with E-state index < -0.39 is 0 Å². The summed E-state index contributed by atoms with van der Waals surface area (Å²) in [5, 5.41) is 11.6. The summed E-state index contributed by atoms with van der Waals surface area (Å²) in [7, 11) is 1.68. The van der Waals surface area contributed by atoms with Gasteiger partial charge in [0.1, 0.15) is 5.69 Å². The zero-order valence-electron chi connectivity index (χ0n) is 10.3. The molecule has 94 valence electrons. The first-order valence-corrected chi connectivity index (χ1v) is 5.75. The number of para-hydroxylation sites is 1. The molecule has 2 heterocycles. The highest BCUT2D eigenvalue weighted by molar-refractivity contribution is 6.07. The Bertz CT molecular complexity index is 713. The quantitative estimate of drug-likeness (QED) is 0.658. The molecule has 0 saturated heterocycles. The van der Waals surface area contributed by atoms with Gasteiger partial charge in [0.05, 0.1) is 23.6 Å². The number of ketones is 1. The number of benzene rings is 1. The van der Waals surface area contributed by atoms with Crippen LogP contribution < -0.4 is 0 Å². The lowest BCUT2D eigenvalue weighted by atomic mass is 10.2. The van der Waals surface area contributed by atoms with Gasteiger partial charge in [0, 0.05) is 13.2 Å². The SMILES string of the molecule is Cn1nncc1C(=O)c1cnn(-c2ccccc2)c1. The number of carbonyl (C=O) groups is 1. The van der Waals surface area contributed by atoms with Gasteiger partial charge in [-0.25, -0.2) is 9.36 Å². The van der Waals surface area contributed by atoms with Crippen LogP contribution in [-0.2, 0) is 7.05 Å². The second-order valence-electron chi connectivity index (χ2n) is 4.08. The summed E-state index contributed by atoms with van der Waals surface area (Å²) in [6, 6.07) is 9.62.